The molecule has 3 N–H and O–H groups in total. The number of pyridine rings is 1. The van der Waals surface area contributed by atoms with Crippen LogP contribution in [-0.2, 0) is 0 Å². The van der Waals surface area contributed by atoms with Crippen LogP contribution in [-0.4, -0.2) is 34.9 Å². The van der Waals surface area contributed by atoms with Gasteiger partial charge in [0.05, 0.1) is 5.56 Å². The number of rotatable bonds is 1. The molecule has 124 valence electrons. The van der Waals surface area contributed by atoms with E-state index in [1.54, 1.807) is 0 Å². The number of halogens is 1. The number of hydrogen-bond acceptors (Lipinski definition) is 3. The number of aromatic amines is 1. The molecule has 0 aliphatic carbocycles. The maximum atomic E-state index is 12.9. The molecule has 0 spiro atoms. The van der Waals surface area contributed by atoms with E-state index >= 15 is 0 Å². The molecule has 23 heavy (non-hydrogen) atoms. The van der Waals surface area contributed by atoms with Crippen molar-refractivity contribution in [2.75, 3.05) is 13.1 Å². The van der Waals surface area contributed by atoms with Crippen molar-refractivity contribution in [1.82, 2.24) is 9.88 Å². The van der Waals surface area contributed by atoms with Crippen LogP contribution in [0.25, 0.3) is 10.9 Å². The van der Waals surface area contributed by atoms with E-state index in [9.17, 15) is 9.59 Å². The molecular weight excluding hydrogens is 314 g/mol. The lowest BCUT2D eigenvalue weighted by Gasteiger charge is -2.42. The summed E-state index contributed by atoms with van der Waals surface area (Å²) >= 11 is 0. The van der Waals surface area contributed by atoms with Crippen molar-refractivity contribution in [2.45, 2.75) is 26.3 Å². The number of benzene rings is 1. The zero-order valence-electron chi connectivity index (χ0n) is 13.3. The number of nitrogens with two attached hydrogens (primary N) is 1. The molecule has 6 heteroatoms. The Kier molecular flexibility index (Phi) is 4.82. The molecule has 0 saturated carbocycles. The molecule has 1 aliphatic rings. The van der Waals surface area contributed by atoms with Gasteiger partial charge in [0.1, 0.15) is 0 Å². The van der Waals surface area contributed by atoms with Crippen molar-refractivity contribution in [3.8, 4) is 0 Å². The molecule has 1 aliphatic heterocycles. The third-order valence-electron chi connectivity index (χ3n) is 4.58. The van der Waals surface area contributed by atoms with Gasteiger partial charge in [-0.1, -0.05) is 32.0 Å². The first-order valence-electron chi connectivity index (χ1n) is 7.55. The number of carbonyl (C=O) groups excluding carboxylic acids is 1. The fraction of sp³-hybridized carbons (Fsp3) is 0.412. The third kappa shape index (κ3) is 3.26. The van der Waals surface area contributed by atoms with Gasteiger partial charge in [-0.2, -0.15) is 0 Å². The fourth-order valence-electron chi connectivity index (χ4n) is 3.10. The summed E-state index contributed by atoms with van der Waals surface area (Å²) in [6.45, 7) is 5.39. The van der Waals surface area contributed by atoms with E-state index in [-0.39, 0.29) is 35.3 Å². The molecule has 0 radical (unpaired) electrons. The Morgan fingerprint density at radius 1 is 1.35 bits per heavy atom. The Labute approximate surface area is 141 Å². The summed E-state index contributed by atoms with van der Waals surface area (Å²) in [6, 6.07) is 8.87. The van der Waals surface area contributed by atoms with E-state index in [1.165, 1.54) is 6.07 Å². The number of fused-ring (bicyclic) bond motifs is 1. The lowest BCUT2D eigenvalue weighted by atomic mass is 9.79. The van der Waals surface area contributed by atoms with Gasteiger partial charge in [-0.25, -0.2) is 0 Å². The first-order valence-corrected chi connectivity index (χ1v) is 7.55. The predicted octanol–water partition coefficient (Wildman–Crippen LogP) is 2.15. The Morgan fingerprint density at radius 2 is 2.04 bits per heavy atom. The quantitative estimate of drug-likeness (QED) is 0.838. The molecule has 1 atom stereocenters. The van der Waals surface area contributed by atoms with Crippen molar-refractivity contribution in [2.24, 2.45) is 11.1 Å². The number of likely N-dealkylation sites (tertiary alicyclic amines) is 1. The van der Waals surface area contributed by atoms with Crippen LogP contribution in [0.1, 0.15) is 30.6 Å². The normalized spacial score (nSPS) is 20.1. The zero-order valence-corrected chi connectivity index (χ0v) is 14.2. The number of nitrogens with one attached hydrogen (secondary N) is 1. The predicted molar refractivity (Wildman–Crippen MR) is 94.1 cm³/mol. The van der Waals surface area contributed by atoms with Gasteiger partial charge in [-0.05, 0) is 17.9 Å². The molecule has 2 heterocycles. The Hall–Kier alpha value is -1.85. The molecule has 3 rings (SSSR count). The number of para-hydroxylation sites is 1. The van der Waals surface area contributed by atoms with Gasteiger partial charge in [-0.15, -0.1) is 12.4 Å². The van der Waals surface area contributed by atoms with E-state index in [0.29, 0.717) is 24.2 Å². The topological polar surface area (TPSA) is 79.2 Å². The number of aromatic nitrogens is 1. The summed E-state index contributed by atoms with van der Waals surface area (Å²) in [5.41, 5.74) is 6.91. The van der Waals surface area contributed by atoms with Crippen molar-refractivity contribution < 1.29 is 4.79 Å². The van der Waals surface area contributed by atoms with Gasteiger partial charge in [0.2, 0.25) is 5.56 Å². The molecular formula is C17H22ClN3O2. The van der Waals surface area contributed by atoms with E-state index in [0.717, 1.165) is 11.8 Å². The van der Waals surface area contributed by atoms with Crippen molar-refractivity contribution in [3.63, 3.8) is 0 Å². The Bertz CT molecular complexity index is 785. The summed E-state index contributed by atoms with van der Waals surface area (Å²) in [5.74, 6) is -0.0951. The summed E-state index contributed by atoms with van der Waals surface area (Å²) in [6.07, 6.45) is 0.778. The largest absolute Gasteiger partial charge is 0.338 e. The lowest BCUT2D eigenvalue weighted by molar-refractivity contribution is 0.0534. The van der Waals surface area contributed by atoms with Crippen LogP contribution in [0.3, 0.4) is 0 Å². The molecule has 1 saturated heterocycles. The van der Waals surface area contributed by atoms with Crippen molar-refractivity contribution in [3.05, 3.63) is 46.2 Å². The smallest absolute Gasteiger partial charge is 0.254 e. The van der Waals surface area contributed by atoms with Crippen LogP contribution >= 0.6 is 12.4 Å². The molecule has 1 unspecified atom stereocenters. The molecule has 0 bridgehead atoms. The van der Waals surface area contributed by atoms with Crippen LogP contribution < -0.4 is 11.3 Å². The second-order valence-electron chi connectivity index (χ2n) is 6.70. The van der Waals surface area contributed by atoms with E-state index in [4.69, 9.17) is 5.73 Å². The summed E-state index contributed by atoms with van der Waals surface area (Å²) < 4.78 is 0. The van der Waals surface area contributed by atoms with Crippen molar-refractivity contribution in [1.29, 1.82) is 0 Å². The highest BCUT2D eigenvalue weighted by molar-refractivity contribution is 6.06. The van der Waals surface area contributed by atoms with Crippen LogP contribution in [0.5, 0.6) is 0 Å². The fourth-order valence-corrected chi connectivity index (χ4v) is 3.10. The minimum Gasteiger partial charge on any atom is -0.338 e. The Balaban J connectivity index is 0.00000192. The molecule has 2 aromatic rings. The maximum absolute atomic E-state index is 12.9. The van der Waals surface area contributed by atoms with Gasteiger partial charge >= 0.3 is 0 Å². The number of piperidine rings is 1. The highest BCUT2D eigenvalue weighted by Gasteiger charge is 2.35. The molecule has 1 aromatic heterocycles. The van der Waals surface area contributed by atoms with E-state index in [1.807, 2.05) is 29.2 Å². The highest BCUT2D eigenvalue weighted by atomic mass is 35.5. The van der Waals surface area contributed by atoms with Gasteiger partial charge in [0, 0.05) is 36.1 Å². The third-order valence-corrected chi connectivity index (χ3v) is 4.58. The highest BCUT2D eigenvalue weighted by Crippen LogP contribution is 2.29. The average molecular weight is 336 g/mol. The average Bonchev–Trinajstić information content (AvgIpc) is 2.48. The number of hydrogen-bond donors (Lipinski definition) is 2. The minimum absolute atomic E-state index is 0. The monoisotopic (exact) mass is 335 g/mol. The molecule has 1 fully saturated rings. The van der Waals surface area contributed by atoms with Gasteiger partial charge in [0.15, 0.2) is 0 Å². The SMILES string of the molecule is CC1(C)CN(C(=O)c2cc(=O)[nH]c3ccccc23)CCC1N.Cl. The van der Waals surface area contributed by atoms with Gasteiger partial charge in [-0.3, -0.25) is 9.59 Å². The number of H-pyrrole nitrogens is 1. The van der Waals surface area contributed by atoms with Gasteiger partial charge < -0.3 is 15.6 Å². The Morgan fingerprint density at radius 3 is 2.74 bits per heavy atom. The molecule has 5 nitrogen and oxygen atoms in total. The number of carbonyl (C=O) groups is 1. The minimum atomic E-state index is -0.255. The summed E-state index contributed by atoms with van der Waals surface area (Å²) in [4.78, 5) is 29.3. The van der Waals surface area contributed by atoms with Crippen LogP contribution in [0.2, 0.25) is 0 Å². The van der Waals surface area contributed by atoms with E-state index < -0.39 is 0 Å². The van der Waals surface area contributed by atoms with Gasteiger partial charge in [0.25, 0.3) is 5.91 Å². The lowest BCUT2D eigenvalue weighted by Crippen LogP contribution is -2.54. The van der Waals surface area contributed by atoms with E-state index in [2.05, 4.69) is 18.8 Å². The van der Waals surface area contributed by atoms with Crippen molar-refractivity contribution >= 4 is 29.2 Å². The second kappa shape index (κ2) is 6.34. The first kappa shape index (κ1) is 17.5. The maximum Gasteiger partial charge on any atom is 0.254 e. The standard InChI is InChI=1S/C17H21N3O2.ClH/c1-17(2)10-20(8-7-14(17)18)16(22)12-9-15(21)19-13-6-4-3-5-11(12)13;/h3-6,9,14H,7-8,10,18H2,1-2H3,(H,19,21);1H. The molecule has 1 aromatic carbocycles. The summed E-state index contributed by atoms with van der Waals surface area (Å²) in [7, 11) is 0. The first-order chi connectivity index (χ1) is 10.4. The number of nitrogens with zero attached hydrogens (tertiary/aromatic N) is 1. The van der Waals surface area contributed by atoms with Crippen LogP contribution in [0.4, 0.5) is 0 Å². The van der Waals surface area contributed by atoms with Crippen LogP contribution in [0.15, 0.2) is 35.1 Å². The molecule has 1 amide bonds. The second-order valence-corrected chi connectivity index (χ2v) is 6.70. The van der Waals surface area contributed by atoms with Crippen LogP contribution in [0, 0.1) is 5.41 Å². The zero-order chi connectivity index (χ0) is 15.9. The summed E-state index contributed by atoms with van der Waals surface area (Å²) in [5, 5.41) is 0.778. The number of amides is 1.